The highest BCUT2D eigenvalue weighted by Crippen LogP contribution is 2.40. The molecule has 0 spiro atoms. The summed E-state index contributed by atoms with van der Waals surface area (Å²) in [6, 6.07) is 34.8. The van der Waals surface area contributed by atoms with E-state index in [1.165, 1.54) is 11.0 Å². The predicted molar refractivity (Wildman–Crippen MR) is 143 cm³/mol. The number of hydrogen-bond donors (Lipinski definition) is 1. The molecule has 4 aromatic rings. The van der Waals surface area contributed by atoms with Gasteiger partial charge in [-0.3, -0.25) is 9.59 Å². The van der Waals surface area contributed by atoms with Crippen molar-refractivity contribution in [2.75, 3.05) is 0 Å². The minimum absolute atomic E-state index is 0.0463. The van der Waals surface area contributed by atoms with Gasteiger partial charge >= 0.3 is 0 Å². The smallest absolute Gasteiger partial charge is 0.290 e. The number of amides is 1. The Bertz CT molecular complexity index is 1460. The van der Waals surface area contributed by atoms with E-state index in [1.807, 2.05) is 109 Å². The quantitative estimate of drug-likeness (QED) is 0.282. The van der Waals surface area contributed by atoms with Gasteiger partial charge < -0.3 is 14.7 Å². The number of para-hydroxylation sites is 1. The fraction of sp³-hybridized carbons (Fsp3) is 0.0625. The molecule has 0 fully saturated rings. The molecule has 0 bridgehead atoms. The van der Waals surface area contributed by atoms with Crippen LogP contribution in [0.5, 0.6) is 11.5 Å². The van der Waals surface area contributed by atoms with E-state index in [9.17, 15) is 14.7 Å². The maximum atomic E-state index is 13.4. The van der Waals surface area contributed by atoms with Gasteiger partial charge in [0.05, 0.1) is 11.6 Å². The number of ketones is 1. The van der Waals surface area contributed by atoms with Crippen LogP contribution in [0.4, 0.5) is 0 Å². The maximum absolute atomic E-state index is 13.4. The van der Waals surface area contributed by atoms with E-state index in [0.717, 1.165) is 11.1 Å². The highest BCUT2D eigenvalue weighted by atomic mass is 16.5. The number of hydrogen-bond acceptors (Lipinski definition) is 4. The molecule has 0 saturated heterocycles. The van der Waals surface area contributed by atoms with E-state index >= 15 is 0 Å². The number of benzene rings is 4. The van der Waals surface area contributed by atoms with Gasteiger partial charge in [-0.1, -0.05) is 97.1 Å². The second-order valence-electron chi connectivity index (χ2n) is 8.68. The van der Waals surface area contributed by atoms with Crippen molar-refractivity contribution in [3.8, 4) is 11.5 Å². The number of ether oxygens (including phenoxy) is 1. The largest absolute Gasteiger partial charge is 0.503 e. The van der Waals surface area contributed by atoms with E-state index in [1.54, 1.807) is 12.1 Å². The third-order valence-corrected chi connectivity index (χ3v) is 6.14. The summed E-state index contributed by atoms with van der Waals surface area (Å²) in [5.74, 6) is -0.306. The molecule has 0 radical (unpaired) electrons. The first-order chi connectivity index (χ1) is 18.1. The summed E-state index contributed by atoms with van der Waals surface area (Å²) < 4.78 is 6.01. The molecule has 5 nitrogen and oxygen atoms in total. The highest BCUT2D eigenvalue weighted by Gasteiger charge is 2.43. The lowest BCUT2D eigenvalue weighted by molar-refractivity contribution is -0.130. The van der Waals surface area contributed by atoms with Crippen LogP contribution in [-0.4, -0.2) is 21.7 Å². The summed E-state index contributed by atoms with van der Waals surface area (Å²) in [6.07, 6.45) is 3.08. The molecule has 4 aromatic carbocycles. The standard InChI is InChI=1S/C32H25NO4/c34-28(20-19-23-11-4-1-5-12-23)29-30(33(32(36)31(29)35)22-24-13-6-2-7-14-24)25-15-10-18-27(21-25)37-26-16-8-3-9-17-26/h1-21,30,35H,22H2/b20-19+. The Morgan fingerprint density at radius 1 is 0.811 bits per heavy atom. The molecular formula is C32H25NO4. The first-order valence-corrected chi connectivity index (χ1v) is 12.0. The number of aliphatic hydroxyl groups excluding tert-OH is 1. The van der Waals surface area contributed by atoms with Crippen LogP contribution >= 0.6 is 0 Å². The molecule has 1 N–H and O–H groups in total. The SMILES string of the molecule is O=C(/C=C/c1ccccc1)C1=C(O)C(=O)N(Cc2ccccc2)C1c1cccc(Oc2ccccc2)c1. The minimum Gasteiger partial charge on any atom is -0.503 e. The summed E-state index contributed by atoms with van der Waals surface area (Å²) in [7, 11) is 0. The molecule has 0 saturated carbocycles. The van der Waals surface area contributed by atoms with Gasteiger partial charge in [-0.05, 0) is 47.0 Å². The average molecular weight is 488 g/mol. The van der Waals surface area contributed by atoms with Crippen LogP contribution in [0.25, 0.3) is 6.08 Å². The summed E-state index contributed by atoms with van der Waals surface area (Å²) in [4.78, 5) is 28.2. The fourth-order valence-corrected chi connectivity index (χ4v) is 4.39. The lowest BCUT2D eigenvalue weighted by Crippen LogP contribution is -2.30. The van der Waals surface area contributed by atoms with Crippen molar-refractivity contribution >= 4 is 17.8 Å². The number of rotatable bonds is 8. The number of carbonyl (C=O) groups excluding carboxylic acids is 2. The van der Waals surface area contributed by atoms with Gasteiger partial charge in [-0.2, -0.15) is 0 Å². The molecule has 1 aliphatic rings. The van der Waals surface area contributed by atoms with Gasteiger partial charge in [0.15, 0.2) is 11.5 Å². The molecule has 1 aliphatic heterocycles. The van der Waals surface area contributed by atoms with Crippen molar-refractivity contribution in [3.63, 3.8) is 0 Å². The second kappa shape index (κ2) is 10.8. The summed E-state index contributed by atoms with van der Waals surface area (Å²) >= 11 is 0. The summed E-state index contributed by atoms with van der Waals surface area (Å²) in [6.45, 7) is 0.233. The number of carbonyl (C=O) groups is 2. The molecule has 5 rings (SSSR count). The Morgan fingerprint density at radius 2 is 1.43 bits per heavy atom. The molecule has 1 unspecified atom stereocenters. The third kappa shape index (κ3) is 5.36. The minimum atomic E-state index is -0.778. The Kier molecular flexibility index (Phi) is 6.95. The van der Waals surface area contributed by atoms with Crippen LogP contribution in [0, 0.1) is 0 Å². The zero-order valence-corrected chi connectivity index (χ0v) is 20.0. The normalized spacial score (nSPS) is 15.4. The van der Waals surface area contributed by atoms with Crippen molar-refractivity contribution in [1.82, 2.24) is 4.90 Å². The summed E-state index contributed by atoms with van der Waals surface area (Å²) in [5, 5.41) is 10.9. The van der Waals surface area contributed by atoms with Crippen LogP contribution in [0.1, 0.15) is 22.7 Å². The fourth-order valence-electron chi connectivity index (χ4n) is 4.39. The highest BCUT2D eigenvalue weighted by molar-refractivity contribution is 6.14. The lowest BCUT2D eigenvalue weighted by atomic mass is 9.95. The van der Waals surface area contributed by atoms with Crippen LogP contribution in [0.3, 0.4) is 0 Å². The van der Waals surface area contributed by atoms with Crippen LogP contribution < -0.4 is 4.74 Å². The Hall–Kier alpha value is -4.90. The van der Waals surface area contributed by atoms with Crippen LogP contribution in [-0.2, 0) is 16.1 Å². The molecule has 1 heterocycles. The topological polar surface area (TPSA) is 66.8 Å². The Balaban J connectivity index is 1.52. The third-order valence-electron chi connectivity index (χ3n) is 6.14. The van der Waals surface area contributed by atoms with Crippen LogP contribution in [0.15, 0.2) is 133 Å². The van der Waals surface area contributed by atoms with Crippen molar-refractivity contribution in [1.29, 1.82) is 0 Å². The molecule has 0 aromatic heterocycles. The van der Waals surface area contributed by atoms with Gasteiger partial charge in [0.25, 0.3) is 5.91 Å². The van der Waals surface area contributed by atoms with E-state index in [4.69, 9.17) is 4.74 Å². The summed E-state index contributed by atoms with van der Waals surface area (Å²) in [5.41, 5.74) is 2.44. The first kappa shape index (κ1) is 23.8. The molecular weight excluding hydrogens is 462 g/mol. The zero-order valence-electron chi connectivity index (χ0n) is 20.0. The monoisotopic (exact) mass is 487 g/mol. The molecule has 37 heavy (non-hydrogen) atoms. The molecule has 1 amide bonds. The molecule has 0 aliphatic carbocycles. The van der Waals surface area contributed by atoms with Gasteiger partial charge in [0.2, 0.25) is 0 Å². The predicted octanol–water partition coefficient (Wildman–Crippen LogP) is 6.66. The number of allylic oxidation sites excluding steroid dienone is 1. The zero-order chi connectivity index (χ0) is 25.6. The van der Waals surface area contributed by atoms with Crippen molar-refractivity contribution in [3.05, 3.63) is 149 Å². The van der Waals surface area contributed by atoms with E-state index in [2.05, 4.69) is 0 Å². The van der Waals surface area contributed by atoms with Crippen LogP contribution in [0.2, 0.25) is 0 Å². The van der Waals surface area contributed by atoms with Gasteiger partial charge in [-0.15, -0.1) is 0 Å². The molecule has 1 atom stereocenters. The van der Waals surface area contributed by atoms with E-state index in [0.29, 0.717) is 17.1 Å². The number of aliphatic hydroxyl groups is 1. The van der Waals surface area contributed by atoms with E-state index < -0.39 is 23.5 Å². The van der Waals surface area contributed by atoms with Crippen molar-refractivity contribution in [2.24, 2.45) is 0 Å². The van der Waals surface area contributed by atoms with Crippen molar-refractivity contribution in [2.45, 2.75) is 12.6 Å². The first-order valence-electron chi connectivity index (χ1n) is 12.0. The Morgan fingerprint density at radius 3 is 2.14 bits per heavy atom. The lowest BCUT2D eigenvalue weighted by Gasteiger charge is -2.27. The number of nitrogens with zero attached hydrogens (tertiary/aromatic N) is 1. The molecule has 182 valence electrons. The average Bonchev–Trinajstić information content (AvgIpc) is 3.19. The van der Waals surface area contributed by atoms with Gasteiger partial charge in [0.1, 0.15) is 11.5 Å². The Labute approximate surface area is 215 Å². The molecule has 5 heteroatoms. The van der Waals surface area contributed by atoms with Crippen molar-refractivity contribution < 1.29 is 19.4 Å². The van der Waals surface area contributed by atoms with Gasteiger partial charge in [-0.25, -0.2) is 0 Å². The van der Waals surface area contributed by atoms with E-state index in [-0.39, 0.29) is 12.1 Å². The van der Waals surface area contributed by atoms with Gasteiger partial charge in [0, 0.05) is 6.54 Å². The maximum Gasteiger partial charge on any atom is 0.290 e. The second-order valence-corrected chi connectivity index (χ2v) is 8.68.